The van der Waals surface area contributed by atoms with Crippen LogP contribution >= 0.6 is 0 Å². The third-order valence-corrected chi connectivity index (χ3v) is 2.95. The number of hydrogen-bond donors (Lipinski definition) is 1. The molecule has 94 valence electrons. The predicted octanol–water partition coefficient (Wildman–Crippen LogP) is 2.81. The molecule has 2 heteroatoms. The zero-order valence-electron chi connectivity index (χ0n) is 11.3. The van der Waals surface area contributed by atoms with Gasteiger partial charge in [0.25, 0.3) is 0 Å². The molecule has 0 saturated carbocycles. The summed E-state index contributed by atoms with van der Waals surface area (Å²) < 4.78 is 0. The van der Waals surface area contributed by atoms with E-state index in [1.807, 2.05) is 0 Å². The Balaban J connectivity index is 1.90. The Kier molecular flexibility index (Phi) is 6.07. The maximum atomic E-state index is 3.54. The number of unbranched alkanes of at least 4 members (excludes halogenated alkanes) is 2. The van der Waals surface area contributed by atoms with Gasteiger partial charge in [-0.05, 0) is 53.1 Å². The Bertz CT molecular complexity index is 203. The molecule has 0 radical (unpaired) electrons. The Hall–Kier alpha value is -0.340. The van der Waals surface area contributed by atoms with Crippen LogP contribution in [0.2, 0.25) is 0 Å². The van der Waals surface area contributed by atoms with Crippen molar-refractivity contribution in [2.75, 3.05) is 26.2 Å². The second kappa shape index (κ2) is 7.08. The summed E-state index contributed by atoms with van der Waals surface area (Å²) in [6, 6.07) is 0. The van der Waals surface area contributed by atoms with Gasteiger partial charge in [0.05, 0.1) is 0 Å². The lowest BCUT2D eigenvalue weighted by molar-refractivity contribution is 0.289. The van der Waals surface area contributed by atoms with Crippen molar-refractivity contribution in [3.63, 3.8) is 0 Å². The van der Waals surface area contributed by atoms with E-state index in [9.17, 15) is 0 Å². The first-order chi connectivity index (χ1) is 7.58. The number of hydrogen-bond acceptors (Lipinski definition) is 2. The molecule has 0 aromatic heterocycles. The molecule has 1 aliphatic heterocycles. The van der Waals surface area contributed by atoms with Gasteiger partial charge < -0.3 is 5.32 Å². The van der Waals surface area contributed by atoms with Gasteiger partial charge in [0.15, 0.2) is 0 Å². The van der Waals surface area contributed by atoms with E-state index >= 15 is 0 Å². The van der Waals surface area contributed by atoms with E-state index in [0.29, 0.717) is 0 Å². The molecule has 0 saturated heterocycles. The monoisotopic (exact) mass is 224 g/mol. The molecule has 0 bridgehead atoms. The maximum absolute atomic E-state index is 3.54. The zero-order chi connectivity index (χ0) is 11.9. The summed E-state index contributed by atoms with van der Waals surface area (Å²) in [6.07, 6.45) is 9.84. The highest BCUT2D eigenvalue weighted by molar-refractivity contribution is 4.90. The van der Waals surface area contributed by atoms with Crippen LogP contribution < -0.4 is 5.32 Å². The normalized spacial score (nSPS) is 17.9. The summed E-state index contributed by atoms with van der Waals surface area (Å²) in [7, 11) is 0. The fourth-order valence-corrected chi connectivity index (χ4v) is 1.99. The first-order valence-corrected chi connectivity index (χ1v) is 6.70. The average molecular weight is 224 g/mol. The van der Waals surface area contributed by atoms with Crippen molar-refractivity contribution in [2.24, 2.45) is 0 Å². The molecule has 16 heavy (non-hydrogen) atoms. The molecular weight excluding hydrogens is 196 g/mol. The zero-order valence-corrected chi connectivity index (χ0v) is 11.3. The van der Waals surface area contributed by atoms with Gasteiger partial charge >= 0.3 is 0 Å². The second-order valence-electron chi connectivity index (χ2n) is 5.80. The van der Waals surface area contributed by atoms with Crippen LogP contribution in [0.5, 0.6) is 0 Å². The van der Waals surface area contributed by atoms with Gasteiger partial charge in [0.1, 0.15) is 0 Å². The van der Waals surface area contributed by atoms with Gasteiger partial charge in [-0.2, -0.15) is 0 Å². The van der Waals surface area contributed by atoms with Crippen LogP contribution in [0.1, 0.15) is 46.5 Å². The van der Waals surface area contributed by atoms with Crippen LogP contribution in [-0.2, 0) is 0 Å². The summed E-state index contributed by atoms with van der Waals surface area (Å²) in [6.45, 7) is 11.5. The van der Waals surface area contributed by atoms with Crippen LogP contribution in [0.4, 0.5) is 0 Å². The smallest absolute Gasteiger partial charge is 0.0163 e. The van der Waals surface area contributed by atoms with Crippen molar-refractivity contribution in [3.05, 3.63) is 12.2 Å². The average Bonchev–Trinajstić information content (AvgIpc) is 2.23. The molecule has 1 aliphatic rings. The van der Waals surface area contributed by atoms with Gasteiger partial charge in [0, 0.05) is 18.6 Å². The minimum Gasteiger partial charge on any atom is -0.312 e. The van der Waals surface area contributed by atoms with E-state index in [0.717, 1.165) is 6.54 Å². The molecule has 1 N–H and O–H groups in total. The highest BCUT2D eigenvalue weighted by atomic mass is 15.1. The molecule has 0 spiro atoms. The molecule has 0 unspecified atom stereocenters. The van der Waals surface area contributed by atoms with Gasteiger partial charge in [-0.1, -0.05) is 18.6 Å². The molecule has 2 nitrogen and oxygen atoms in total. The van der Waals surface area contributed by atoms with Crippen LogP contribution in [-0.4, -0.2) is 36.6 Å². The van der Waals surface area contributed by atoms with Crippen LogP contribution in [0.15, 0.2) is 12.2 Å². The van der Waals surface area contributed by atoms with E-state index in [2.05, 4.69) is 43.1 Å². The van der Waals surface area contributed by atoms with Gasteiger partial charge in [-0.15, -0.1) is 0 Å². The second-order valence-corrected chi connectivity index (χ2v) is 5.80. The fraction of sp³-hybridized carbons (Fsp3) is 0.857. The predicted molar refractivity (Wildman–Crippen MR) is 71.8 cm³/mol. The molecule has 0 aliphatic carbocycles. The third kappa shape index (κ3) is 7.02. The quantitative estimate of drug-likeness (QED) is 0.551. The topological polar surface area (TPSA) is 15.3 Å². The van der Waals surface area contributed by atoms with E-state index in [4.69, 9.17) is 0 Å². The Labute approximate surface area is 101 Å². The molecule has 0 atom stereocenters. The summed E-state index contributed by atoms with van der Waals surface area (Å²) in [5, 5.41) is 3.54. The lowest BCUT2D eigenvalue weighted by atomic mass is 10.1. The number of rotatable bonds is 6. The molecule has 0 aromatic carbocycles. The molecular formula is C14H28N2. The Morgan fingerprint density at radius 1 is 1.12 bits per heavy atom. The largest absolute Gasteiger partial charge is 0.312 e. The lowest BCUT2D eigenvalue weighted by Crippen LogP contribution is -2.36. The van der Waals surface area contributed by atoms with Crippen molar-refractivity contribution >= 4 is 0 Å². The maximum Gasteiger partial charge on any atom is 0.0163 e. The van der Waals surface area contributed by atoms with Crippen LogP contribution in [0.3, 0.4) is 0 Å². The van der Waals surface area contributed by atoms with E-state index in [1.165, 1.54) is 45.3 Å². The minimum atomic E-state index is 0.275. The van der Waals surface area contributed by atoms with Gasteiger partial charge in [-0.3, -0.25) is 4.90 Å². The summed E-state index contributed by atoms with van der Waals surface area (Å²) in [5.74, 6) is 0. The highest BCUT2D eigenvalue weighted by Gasteiger charge is 2.07. The van der Waals surface area contributed by atoms with E-state index < -0.39 is 0 Å². The van der Waals surface area contributed by atoms with Crippen molar-refractivity contribution < 1.29 is 0 Å². The summed E-state index contributed by atoms with van der Waals surface area (Å²) in [5.41, 5.74) is 0.275. The van der Waals surface area contributed by atoms with Crippen molar-refractivity contribution in [3.8, 4) is 0 Å². The van der Waals surface area contributed by atoms with E-state index in [-0.39, 0.29) is 5.54 Å². The van der Waals surface area contributed by atoms with E-state index in [1.54, 1.807) is 0 Å². The summed E-state index contributed by atoms with van der Waals surface area (Å²) >= 11 is 0. The molecule has 0 aromatic rings. The first kappa shape index (κ1) is 13.7. The SMILES string of the molecule is CC(C)(C)NCCCCCN1CC=CCC1. The molecule has 0 amide bonds. The van der Waals surface area contributed by atoms with Crippen LogP contribution in [0.25, 0.3) is 0 Å². The van der Waals surface area contributed by atoms with Crippen molar-refractivity contribution in [1.29, 1.82) is 0 Å². The van der Waals surface area contributed by atoms with Gasteiger partial charge in [-0.25, -0.2) is 0 Å². The van der Waals surface area contributed by atoms with Gasteiger partial charge in [0.2, 0.25) is 0 Å². The number of nitrogens with one attached hydrogen (secondary N) is 1. The fourth-order valence-electron chi connectivity index (χ4n) is 1.99. The summed E-state index contributed by atoms with van der Waals surface area (Å²) in [4.78, 5) is 2.55. The first-order valence-electron chi connectivity index (χ1n) is 6.70. The molecule has 1 heterocycles. The highest BCUT2D eigenvalue weighted by Crippen LogP contribution is 2.05. The standard InChI is InChI=1S/C14H28N2/c1-14(2,3)15-10-6-4-7-11-16-12-8-5-9-13-16/h5,8,15H,4,6-7,9-13H2,1-3H3. The lowest BCUT2D eigenvalue weighted by Gasteiger charge is -2.23. The van der Waals surface area contributed by atoms with Crippen molar-refractivity contribution in [1.82, 2.24) is 10.2 Å². The van der Waals surface area contributed by atoms with Crippen molar-refractivity contribution in [2.45, 2.75) is 52.0 Å². The Morgan fingerprint density at radius 3 is 2.56 bits per heavy atom. The number of nitrogens with zero attached hydrogens (tertiary/aromatic N) is 1. The minimum absolute atomic E-state index is 0.275. The van der Waals surface area contributed by atoms with Crippen LogP contribution in [0, 0.1) is 0 Å². The molecule has 1 rings (SSSR count). The Morgan fingerprint density at radius 2 is 1.94 bits per heavy atom. The third-order valence-electron chi connectivity index (χ3n) is 2.95. The molecule has 0 fully saturated rings.